The van der Waals surface area contributed by atoms with Gasteiger partial charge in [0.25, 0.3) is 5.91 Å². The molecule has 110 valence electrons. The number of methoxy groups -OCH3 is 1. The number of halogens is 2. The zero-order valence-electron chi connectivity index (χ0n) is 11.7. The van der Waals surface area contributed by atoms with Gasteiger partial charge < -0.3 is 9.64 Å². The monoisotopic (exact) mass is 359 g/mol. The number of amides is 1. The lowest BCUT2D eigenvalue weighted by molar-refractivity contribution is 0.0699. The first kappa shape index (κ1) is 15.6. The maximum absolute atomic E-state index is 12.7. The van der Waals surface area contributed by atoms with E-state index < -0.39 is 0 Å². The molecule has 5 heteroatoms. The Morgan fingerprint density at radius 2 is 2.10 bits per heavy atom. The molecule has 0 aliphatic heterocycles. The molecule has 0 radical (unpaired) electrons. The Morgan fingerprint density at radius 3 is 2.75 bits per heavy atom. The highest BCUT2D eigenvalue weighted by molar-refractivity contribution is 9.10. The van der Waals surface area contributed by atoms with Crippen LogP contribution < -0.4 is 4.74 Å². The molecule has 2 atom stereocenters. The van der Waals surface area contributed by atoms with E-state index in [4.69, 9.17) is 16.3 Å². The Labute approximate surface area is 133 Å². The van der Waals surface area contributed by atoms with Crippen LogP contribution in [0.5, 0.6) is 5.75 Å². The summed E-state index contributed by atoms with van der Waals surface area (Å²) in [6.45, 7) is 0. The Bertz CT molecular complexity index is 495. The summed E-state index contributed by atoms with van der Waals surface area (Å²) in [7, 11) is 3.43. The van der Waals surface area contributed by atoms with E-state index >= 15 is 0 Å². The van der Waals surface area contributed by atoms with Crippen molar-refractivity contribution < 1.29 is 9.53 Å². The molecule has 1 aromatic carbocycles. The van der Waals surface area contributed by atoms with Crippen molar-refractivity contribution in [2.24, 2.45) is 0 Å². The third kappa shape index (κ3) is 3.29. The van der Waals surface area contributed by atoms with Gasteiger partial charge in [-0.15, -0.1) is 11.6 Å². The molecule has 3 nitrogen and oxygen atoms in total. The Hall–Kier alpha value is -0.740. The lowest BCUT2D eigenvalue weighted by atomic mass is 9.93. The van der Waals surface area contributed by atoms with Crippen molar-refractivity contribution >= 4 is 33.4 Å². The van der Waals surface area contributed by atoms with Gasteiger partial charge in [-0.1, -0.05) is 12.8 Å². The summed E-state index contributed by atoms with van der Waals surface area (Å²) >= 11 is 9.81. The lowest BCUT2D eigenvalue weighted by Gasteiger charge is -2.35. The highest BCUT2D eigenvalue weighted by atomic mass is 79.9. The van der Waals surface area contributed by atoms with Crippen molar-refractivity contribution in [3.8, 4) is 5.75 Å². The summed E-state index contributed by atoms with van der Waals surface area (Å²) in [6.07, 6.45) is 4.22. The molecule has 1 saturated carbocycles. The van der Waals surface area contributed by atoms with Gasteiger partial charge in [0.05, 0.1) is 18.1 Å². The molecule has 0 saturated heterocycles. The van der Waals surface area contributed by atoms with Gasteiger partial charge >= 0.3 is 0 Å². The molecule has 20 heavy (non-hydrogen) atoms. The maximum Gasteiger partial charge on any atom is 0.255 e. The van der Waals surface area contributed by atoms with Crippen LogP contribution in [0.15, 0.2) is 22.7 Å². The van der Waals surface area contributed by atoms with E-state index in [1.807, 2.05) is 19.2 Å². The third-order valence-electron chi connectivity index (χ3n) is 3.87. The smallest absolute Gasteiger partial charge is 0.255 e. The van der Waals surface area contributed by atoms with Crippen LogP contribution >= 0.6 is 27.5 Å². The first-order valence-electron chi connectivity index (χ1n) is 6.79. The van der Waals surface area contributed by atoms with Gasteiger partial charge in [-0.2, -0.15) is 0 Å². The zero-order chi connectivity index (χ0) is 14.7. The first-order valence-corrected chi connectivity index (χ1v) is 8.02. The highest BCUT2D eigenvalue weighted by Crippen LogP contribution is 2.29. The SMILES string of the molecule is COc1ccc(Br)c(C(=O)N(C)C2CCCCC2Cl)c1. The zero-order valence-corrected chi connectivity index (χ0v) is 14.1. The summed E-state index contributed by atoms with van der Waals surface area (Å²) in [5.74, 6) is 0.657. The summed E-state index contributed by atoms with van der Waals surface area (Å²) in [6, 6.07) is 5.52. The molecule has 2 rings (SSSR count). The molecule has 0 spiro atoms. The van der Waals surface area contributed by atoms with Crippen LogP contribution in [0.2, 0.25) is 0 Å². The minimum Gasteiger partial charge on any atom is -0.497 e. The number of ether oxygens (including phenoxy) is 1. The fraction of sp³-hybridized carbons (Fsp3) is 0.533. The molecule has 1 aliphatic rings. The van der Waals surface area contributed by atoms with Gasteiger partial charge in [0.2, 0.25) is 0 Å². The van der Waals surface area contributed by atoms with Crippen LogP contribution in [0, 0.1) is 0 Å². The van der Waals surface area contributed by atoms with Gasteiger partial charge in [0, 0.05) is 17.6 Å². The van der Waals surface area contributed by atoms with Crippen molar-refractivity contribution in [3.63, 3.8) is 0 Å². The molecule has 0 bridgehead atoms. The number of hydrogen-bond donors (Lipinski definition) is 0. The summed E-state index contributed by atoms with van der Waals surface area (Å²) in [4.78, 5) is 14.4. The molecule has 1 aliphatic carbocycles. The highest BCUT2D eigenvalue weighted by Gasteiger charge is 2.30. The number of alkyl halides is 1. The van der Waals surface area contributed by atoms with E-state index in [9.17, 15) is 4.79 Å². The topological polar surface area (TPSA) is 29.5 Å². The molecule has 2 unspecified atom stereocenters. The number of hydrogen-bond acceptors (Lipinski definition) is 2. The molecule has 0 aromatic heterocycles. The van der Waals surface area contributed by atoms with Crippen molar-refractivity contribution in [1.82, 2.24) is 4.90 Å². The van der Waals surface area contributed by atoms with Crippen molar-refractivity contribution in [3.05, 3.63) is 28.2 Å². The molecule has 0 heterocycles. The van der Waals surface area contributed by atoms with Gasteiger partial charge in [-0.25, -0.2) is 0 Å². The lowest BCUT2D eigenvalue weighted by Crippen LogP contribution is -2.44. The Kier molecular flexibility index (Phi) is 5.33. The van der Waals surface area contributed by atoms with E-state index in [1.165, 1.54) is 0 Å². The molecule has 1 aromatic rings. The number of benzene rings is 1. The van der Waals surface area contributed by atoms with Crippen LogP contribution in [-0.4, -0.2) is 36.4 Å². The average molecular weight is 361 g/mol. The first-order chi connectivity index (χ1) is 9.54. The standard InChI is InChI=1S/C15H19BrClNO2/c1-18(14-6-4-3-5-13(14)17)15(19)11-9-10(20-2)7-8-12(11)16/h7-9,13-14H,3-6H2,1-2H3. The van der Waals surface area contributed by atoms with E-state index in [2.05, 4.69) is 15.9 Å². The maximum atomic E-state index is 12.7. The van der Waals surface area contributed by atoms with Gasteiger partial charge in [0.1, 0.15) is 5.75 Å². The second-order valence-corrected chi connectivity index (χ2v) is 6.54. The molecular formula is C15H19BrClNO2. The number of nitrogens with zero attached hydrogens (tertiary/aromatic N) is 1. The van der Waals surface area contributed by atoms with Gasteiger partial charge in [0.15, 0.2) is 0 Å². The quantitative estimate of drug-likeness (QED) is 0.760. The van der Waals surface area contributed by atoms with Crippen molar-refractivity contribution in [2.45, 2.75) is 37.1 Å². The Balaban J connectivity index is 2.21. The third-order valence-corrected chi connectivity index (χ3v) is 5.07. The fourth-order valence-electron chi connectivity index (χ4n) is 2.64. The van der Waals surface area contributed by atoms with E-state index in [-0.39, 0.29) is 17.3 Å². The molecular weight excluding hydrogens is 342 g/mol. The normalized spacial score (nSPS) is 22.4. The van der Waals surface area contributed by atoms with E-state index in [1.54, 1.807) is 18.1 Å². The number of rotatable bonds is 3. The largest absolute Gasteiger partial charge is 0.497 e. The summed E-state index contributed by atoms with van der Waals surface area (Å²) in [5.41, 5.74) is 0.612. The predicted molar refractivity (Wildman–Crippen MR) is 84.7 cm³/mol. The van der Waals surface area contributed by atoms with Crippen molar-refractivity contribution in [1.29, 1.82) is 0 Å². The van der Waals surface area contributed by atoms with Crippen LogP contribution in [0.1, 0.15) is 36.0 Å². The summed E-state index contributed by atoms with van der Waals surface area (Å²) in [5, 5.41) is 0.0436. The second-order valence-electron chi connectivity index (χ2n) is 5.13. The van der Waals surface area contributed by atoms with E-state index in [0.717, 1.165) is 30.2 Å². The second kappa shape index (κ2) is 6.81. The molecule has 0 N–H and O–H groups in total. The van der Waals surface area contributed by atoms with Gasteiger partial charge in [-0.05, 0) is 47.0 Å². The van der Waals surface area contributed by atoms with E-state index in [0.29, 0.717) is 11.3 Å². The molecule has 1 fully saturated rings. The summed E-state index contributed by atoms with van der Waals surface area (Å²) < 4.78 is 5.96. The average Bonchev–Trinajstić information content (AvgIpc) is 2.47. The molecule has 1 amide bonds. The van der Waals surface area contributed by atoms with Gasteiger partial charge in [-0.3, -0.25) is 4.79 Å². The predicted octanol–water partition coefficient (Wildman–Crippen LogP) is 4.08. The van der Waals surface area contributed by atoms with Crippen LogP contribution in [-0.2, 0) is 0 Å². The fourth-order valence-corrected chi connectivity index (χ4v) is 3.50. The number of carbonyl (C=O) groups excluding carboxylic acids is 1. The van der Waals surface area contributed by atoms with Crippen LogP contribution in [0.25, 0.3) is 0 Å². The Morgan fingerprint density at radius 1 is 1.40 bits per heavy atom. The minimum absolute atomic E-state index is 0.0201. The minimum atomic E-state index is -0.0201. The van der Waals surface area contributed by atoms with Crippen molar-refractivity contribution in [2.75, 3.05) is 14.2 Å². The number of carbonyl (C=O) groups is 1. The van der Waals surface area contributed by atoms with Crippen LogP contribution in [0.4, 0.5) is 0 Å². The van der Waals surface area contributed by atoms with Crippen LogP contribution in [0.3, 0.4) is 0 Å².